The largest absolute Gasteiger partial charge is 0.390 e. The maximum absolute atomic E-state index is 9.36. The van der Waals surface area contributed by atoms with Crippen molar-refractivity contribution in [1.29, 1.82) is 0 Å². The van der Waals surface area contributed by atoms with Crippen molar-refractivity contribution in [3.05, 3.63) is 0 Å². The number of hydrogen-bond donors (Lipinski definition) is 1. The van der Waals surface area contributed by atoms with Crippen LogP contribution in [0.25, 0.3) is 0 Å². The van der Waals surface area contributed by atoms with E-state index in [0.717, 1.165) is 24.3 Å². The van der Waals surface area contributed by atoms with E-state index in [9.17, 15) is 5.11 Å². The summed E-state index contributed by atoms with van der Waals surface area (Å²) in [6.07, 6.45) is 1.94. The average molecular weight is 132 g/mol. The first-order chi connectivity index (χ1) is 3.71. The molecule has 0 aromatic heterocycles. The second-order valence-corrected chi connectivity index (χ2v) is 3.83. The summed E-state index contributed by atoms with van der Waals surface area (Å²) in [7, 11) is 0. The van der Waals surface area contributed by atoms with Crippen LogP contribution in [0.5, 0.6) is 0 Å². The first kappa shape index (κ1) is 6.43. The highest BCUT2D eigenvalue weighted by atomic mass is 32.2. The van der Waals surface area contributed by atoms with E-state index < -0.39 is 0 Å². The monoisotopic (exact) mass is 132 g/mol. The first-order valence-electron chi connectivity index (χ1n) is 3.01. The van der Waals surface area contributed by atoms with Crippen LogP contribution in [0.4, 0.5) is 0 Å². The average Bonchev–Trinajstić information content (AvgIpc) is 1.65. The predicted molar refractivity (Wildman–Crippen MR) is 37.2 cm³/mol. The van der Waals surface area contributed by atoms with Crippen molar-refractivity contribution in [1.82, 2.24) is 0 Å². The third-order valence-corrected chi connectivity index (χ3v) is 2.56. The summed E-state index contributed by atoms with van der Waals surface area (Å²) in [5.41, 5.74) is -0.342. The molecule has 1 nitrogen and oxygen atoms in total. The van der Waals surface area contributed by atoms with Crippen molar-refractivity contribution < 1.29 is 5.11 Å². The van der Waals surface area contributed by atoms with Crippen LogP contribution < -0.4 is 0 Å². The van der Waals surface area contributed by atoms with Crippen molar-refractivity contribution in [2.45, 2.75) is 25.4 Å². The zero-order chi connectivity index (χ0) is 6.04. The molecule has 0 amide bonds. The number of aliphatic hydroxyl groups is 1. The minimum atomic E-state index is -0.342. The van der Waals surface area contributed by atoms with Gasteiger partial charge in [-0.05, 0) is 31.3 Å². The van der Waals surface area contributed by atoms with E-state index in [4.69, 9.17) is 0 Å². The van der Waals surface area contributed by atoms with Gasteiger partial charge in [0.1, 0.15) is 0 Å². The van der Waals surface area contributed by atoms with E-state index in [1.165, 1.54) is 0 Å². The Bertz CT molecular complexity index is 72.6. The fraction of sp³-hybridized carbons (Fsp3) is 1.00. The molecule has 2 heteroatoms. The van der Waals surface area contributed by atoms with Crippen molar-refractivity contribution >= 4 is 11.8 Å². The van der Waals surface area contributed by atoms with Gasteiger partial charge in [-0.1, -0.05) is 0 Å². The summed E-state index contributed by atoms with van der Waals surface area (Å²) in [6, 6.07) is 0. The van der Waals surface area contributed by atoms with Gasteiger partial charge in [0.2, 0.25) is 0 Å². The van der Waals surface area contributed by atoms with Crippen LogP contribution in [0, 0.1) is 0 Å². The van der Waals surface area contributed by atoms with Crippen molar-refractivity contribution in [3.63, 3.8) is 0 Å². The molecule has 1 aliphatic heterocycles. The molecule has 1 rings (SSSR count). The van der Waals surface area contributed by atoms with Gasteiger partial charge in [0.15, 0.2) is 0 Å². The Labute approximate surface area is 54.5 Å². The van der Waals surface area contributed by atoms with Gasteiger partial charge in [-0.3, -0.25) is 0 Å². The Morgan fingerprint density at radius 3 is 2.12 bits per heavy atom. The smallest absolute Gasteiger partial charge is 0.0635 e. The van der Waals surface area contributed by atoms with Gasteiger partial charge in [0.05, 0.1) is 5.60 Å². The fourth-order valence-electron chi connectivity index (χ4n) is 0.811. The zero-order valence-corrected chi connectivity index (χ0v) is 6.00. The van der Waals surface area contributed by atoms with Gasteiger partial charge in [-0.2, -0.15) is 11.8 Å². The van der Waals surface area contributed by atoms with Gasteiger partial charge in [-0.15, -0.1) is 0 Å². The van der Waals surface area contributed by atoms with E-state index in [-0.39, 0.29) is 5.60 Å². The summed E-state index contributed by atoms with van der Waals surface area (Å²) in [5, 5.41) is 9.36. The van der Waals surface area contributed by atoms with E-state index >= 15 is 0 Å². The second-order valence-electron chi connectivity index (χ2n) is 2.61. The standard InChI is InChI=1S/C6H12OS/c1-6(7)2-4-8-5-3-6/h7H,2-5H2,1H3. The van der Waals surface area contributed by atoms with Gasteiger partial charge in [-0.25, -0.2) is 0 Å². The lowest BCUT2D eigenvalue weighted by atomic mass is 10.0. The molecule has 1 N–H and O–H groups in total. The minimum Gasteiger partial charge on any atom is -0.390 e. The molecule has 0 aromatic rings. The summed E-state index contributed by atoms with van der Waals surface area (Å²) in [6.45, 7) is 1.92. The van der Waals surface area contributed by atoms with Crippen LogP contribution in [0.2, 0.25) is 0 Å². The molecule has 0 aromatic carbocycles. The van der Waals surface area contributed by atoms with Gasteiger partial charge in [0.25, 0.3) is 0 Å². The summed E-state index contributed by atoms with van der Waals surface area (Å²) >= 11 is 1.94. The molecule has 1 heterocycles. The van der Waals surface area contributed by atoms with Crippen LogP contribution in [0.3, 0.4) is 0 Å². The Kier molecular flexibility index (Phi) is 1.83. The highest BCUT2D eigenvalue weighted by Gasteiger charge is 2.22. The van der Waals surface area contributed by atoms with Crippen LogP contribution in [-0.2, 0) is 0 Å². The Hall–Kier alpha value is 0.310. The second kappa shape index (κ2) is 2.28. The molecule has 0 saturated carbocycles. The van der Waals surface area contributed by atoms with Crippen LogP contribution in [0.1, 0.15) is 19.8 Å². The first-order valence-corrected chi connectivity index (χ1v) is 4.16. The fourth-order valence-corrected chi connectivity index (χ4v) is 2.18. The van der Waals surface area contributed by atoms with Gasteiger partial charge in [0, 0.05) is 0 Å². The molecule has 0 atom stereocenters. The highest BCUT2D eigenvalue weighted by molar-refractivity contribution is 7.99. The summed E-state index contributed by atoms with van der Waals surface area (Å²) in [5.74, 6) is 2.26. The summed E-state index contributed by atoms with van der Waals surface area (Å²) in [4.78, 5) is 0. The molecule has 0 radical (unpaired) electrons. The normalized spacial score (nSPS) is 27.8. The van der Waals surface area contributed by atoms with E-state index in [1.54, 1.807) is 0 Å². The molecule has 48 valence electrons. The molecule has 8 heavy (non-hydrogen) atoms. The Morgan fingerprint density at radius 2 is 1.88 bits per heavy atom. The minimum absolute atomic E-state index is 0.342. The Balaban J connectivity index is 2.33. The van der Waals surface area contributed by atoms with Crippen molar-refractivity contribution in [3.8, 4) is 0 Å². The van der Waals surface area contributed by atoms with Crippen molar-refractivity contribution in [2.75, 3.05) is 11.5 Å². The topological polar surface area (TPSA) is 20.2 Å². The molecule has 1 fully saturated rings. The SMILES string of the molecule is CC1(O)CCSCC1. The van der Waals surface area contributed by atoms with Gasteiger partial charge < -0.3 is 5.11 Å². The molecule has 0 spiro atoms. The lowest BCUT2D eigenvalue weighted by Crippen LogP contribution is -2.28. The molecule has 1 aliphatic rings. The maximum atomic E-state index is 9.36. The van der Waals surface area contributed by atoms with Crippen molar-refractivity contribution in [2.24, 2.45) is 0 Å². The maximum Gasteiger partial charge on any atom is 0.0635 e. The number of rotatable bonds is 0. The van der Waals surface area contributed by atoms with Crippen LogP contribution in [-0.4, -0.2) is 22.2 Å². The molecule has 0 aliphatic carbocycles. The lowest BCUT2D eigenvalue weighted by molar-refractivity contribution is 0.0518. The molecular formula is C6H12OS. The molecule has 0 bridgehead atoms. The molecule has 1 saturated heterocycles. The highest BCUT2D eigenvalue weighted by Crippen LogP contribution is 2.25. The lowest BCUT2D eigenvalue weighted by Gasteiger charge is -2.26. The molecule has 0 unspecified atom stereocenters. The van der Waals surface area contributed by atoms with E-state index in [2.05, 4.69) is 0 Å². The summed E-state index contributed by atoms with van der Waals surface area (Å²) < 4.78 is 0. The molecular weight excluding hydrogens is 120 g/mol. The third-order valence-electron chi connectivity index (χ3n) is 1.57. The Morgan fingerprint density at radius 1 is 1.38 bits per heavy atom. The third kappa shape index (κ3) is 1.67. The van der Waals surface area contributed by atoms with Crippen LogP contribution >= 0.6 is 11.8 Å². The number of hydrogen-bond acceptors (Lipinski definition) is 2. The van der Waals surface area contributed by atoms with E-state index in [1.807, 2.05) is 18.7 Å². The number of thioether (sulfide) groups is 1. The van der Waals surface area contributed by atoms with Crippen LogP contribution in [0.15, 0.2) is 0 Å². The predicted octanol–water partition coefficient (Wildman–Crippen LogP) is 1.26. The van der Waals surface area contributed by atoms with E-state index in [0.29, 0.717) is 0 Å². The quantitative estimate of drug-likeness (QED) is 0.535. The van der Waals surface area contributed by atoms with Gasteiger partial charge >= 0.3 is 0 Å². The zero-order valence-electron chi connectivity index (χ0n) is 5.18.